The highest BCUT2D eigenvalue weighted by molar-refractivity contribution is 5.39. The number of pyridine rings is 1. The Morgan fingerprint density at radius 2 is 2.05 bits per heavy atom. The number of aromatic nitrogens is 1. The van der Waals surface area contributed by atoms with Gasteiger partial charge in [-0.25, -0.2) is 4.98 Å². The minimum atomic E-state index is 0.0158. The molecule has 1 aromatic heterocycles. The third kappa shape index (κ3) is 4.16. The van der Waals surface area contributed by atoms with E-state index in [1.165, 1.54) is 0 Å². The SMILES string of the molecule is C[C@@H]1CN(C(C)(C)CNc2ccc(C#N)cn2)C[C@@H](C)O1. The molecular formula is C16H24N4O. The van der Waals surface area contributed by atoms with Gasteiger partial charge in [-0.3, -0.25) is 4.90 Å². The van der Waals surface area contributed by atoms with Crippen molar-refractivity contribution in [2.45, 2.75) is 45.4 Å². The Balaban J connectivity index is 1.95. The molecule has 1 aromatic rings. The Kier molecular flexibility index (Phi) is 4.81. The van der Waals surface area contributed by atoms with E-state index in [0.717, 1.165) is 25.5 Å². The topological polar surface area (TPSA) is 61.2 Å². The maximum Gasteiger partial charge on any atom is 0.126 e. The van der Waals surface area contributed by atoms with Crippen molar-refractivity contribution >= 4 is 5.82 Å². The molecule has 0 unspecified atom stereocenters. The van der Waals surface area contributed by atoms with Crippen molar-refractivity contribution in [3.63, 3.8) is 0 Å². The van der Waals surface area contributed by atoms with Gasteiger partial charge < -0.3 is 10.1 Å². The Bertz CT molecular complexity index is 496. The largest absolute Gasteiger partial charge is 0.373 e. The number of anilines is 1. The Hall–Kier alpha value is -1.64. The predicted octanol–water partition coefficient (Wildman–Crippen LogP) is 2.25. The second-order valence-corrected chi connectivity index (χ2v) is 6.37. The van der Waals surface area contributed by atoms with E-state index in [0.29, 0.717) is 5.56 Å². The van der Waals surface area contributed by atoms with Crippen LogP contribution in [0.1, 0.15) is 33.3 Å². The summed E-state index contributed by atoms with van der Waals surface area (Å²) in [4.78, 5) is 6.71. The molecule has 21 heavy (non-hydrogen) atoms. The third-order valence-corrected chi connectivity index (χ3v) is 3.87. The van der Waals surface area contributed by atoms with Crippen molar-refractivity contribution in [1.29, 1.82) is 5.26 Å². The number of hydrogen-bond acceptors (Lipinski definition) is 5. The second-order valence-electron chi connectivity index (χ2n) is 6.37. The number of nitrogens with one attached hydrogen (secondary N) is 1. The molecule has 1 fully saturated rings. The van der Waals surface area contributed by atoms with Gasteiger partial charge in [0.05, 0.1) is 17.8 Å². The number of nitriles is 1. The van der Waals surface area contributed by atoms with E-state index in [1.807, 2.05) is 6.07 Å². The highest BCUT2D eigenvalue weighted by Gasteiger charge is 2.33. The molecule has 1 saturated heterocycles. The summed E-state index contributed by atoms with van der Waals surface area (Å²) in [5.74, 6) is 0.802. The minimum Gasteiger partial charge on any atom is -0.373 e. The van der Waals surface area contributed by atoms with Crippen LogP contribution in [0.2, 0.25) is 0 Å². The normalized spacial score (nSPS) is 23.6. The smallest absolute Gasteiger partial charge is 0.126 e. The van der Waals surface area contributed by atoms with Crippen molar-refractivity contribution in [2.24, 2.45) is 0 Å². The van der Waals surface area contributed by atoms with E-state index in [9.17, 15) is 0 Å². The average Bonchev–Trinajstić information content (AvgIpc) is 2.45. The van der Waals surface area contributed by atoms with Gasteiger partial charge in [0.2, 0.25) is 0 Å². The molecule has 1 aliphatic rings. The summed E-state index contributed by atoms with van der Waals surface area (Å²) in [6.07, 6.45) is 2.12. The molecule has 0 radical (unpaired) electrons. The monoisotopic (exact) mass is 288 g/mol. The lowest BCUT2D eigenvalue weighted by Gasteiger charge is -2.45. The lowest BCUT2D eigenvalue weighted by molar-refractivity contribution is -0.0933. The maximum absolute atomic E-state index is 8.78. The zero-order valence-corrected chi connectivity index (χ0v) is 13.3. The molecule has 1 N–H and O–H groups in total. The van der Waals surface area contributed by atoms with Crippen molar-refractivity contribution in [1.82, 2.24) is 9.88 Å². The van der Waals surface area contributed by atoms with Crippen molar-refractivity contribution in [3.8, 4) is 6.07 Å². The standard InChI is InChI=1S/C16H24N4O/c1-12-9-20(10-13(2)21-12)16(3,4)11-19-15-6-5-14(7-17)8-18-15/h5-6,8,12-13H,9-11H2,1-4H3,(H,18,19)/t12-,13-/m1/s1. The first kappa shape index (κ1) is 15.7. The zero-order chi connectivity index (χ0) is 15.5. The molecule has 2 rings (SSSR count). The Morgan fingerprint density at radius 3 is 2.57 bits per heavy atom. The van der Waals surface area contributed by atoms with Gasteiger partial charge in [-0.15, -0.1) is 0 Å². The molecule has 5 nitrogen and oxygen atoms in total. The summed E-state index contributed by atoms with van der Waals surface area (Å²) in [5, 5.41) is 12.1. The summed E-state index contributed by atoms with van der Waals surface area (Å²) in [7, 11) is 0. The van der Waals surface area contributed by atoms with Gasteiger partial charge in [0.15, 0.2) is 0 Å². The van der Waals surface area contributed by atoms with Crippen LogP contribution in [0.4, 0.5) is 5.82 Å². The van der Waals surface area contributed by atoms with Crippen molar-refractivity contribution in [2.75, 3.05) is 25.0 Å². The van der Waals surface area contributed by atoms with E-state index in [2.05, 4.69) is 49.0 Å². The van der Waals surface area contributed by atoms with E-state index in [-0.39, 0.29) is 17.7 Å². The number of morpholine rings is 1. The Labute approximate surface area is 126 Å². The van der Waals surface area contributed by atoms with Gasteiger partial charge in [-0.05, 0) is 39.8 Å². The summed E-state index contributed by atoms with van der Waals surface area (Å²) >= 11 is 0. The molecule has 0 saturated carbocycles. The average molecular weight is 288 g/mol. The van der Waals surface area contributed by atoms with Gasteiger partial charge in [0.1, 0.15) is 11.9 Å². The molecule has 1 aliphatic heterocycles. The lowest BCUT2D eigenvalue weighted by atomic mass is 10.00. The molecule has 0 bridgehead atoms. The van der Waals surface area contributed by atoms with Crippen molar-refractivity contribution < 1.29 is 4.74 Å². The first-order valence-corrected chi connectivity index (χ1v) is 7.41. The van der Waals surface area contributed by atoms with Gasteiger partial charge in [-0.1, -0.05) is 0 Å². The minimum absolute atomic E-state index is 0.0158. The van der Waals surface area contributed by atoms with Crippen LogP contribution in [0, 0.1) is 11.3 Å². The molecule has 0 aromatic carbocycles. The number of nitrogens with zero attached hydrogens (tertiary/aromatic N) is 3. The van der Waals surface area contributed by atoms with E-state index in [1.54, 1.807) is 12.3 Å². The van der Waals surface area contributed by atoms with Crippen LogP contribution in [-0.2, 0) is 4.74 Å². The van der Waals surface area contributed by atoms with Crippen LogP contribution in [-0.4, -0.2) is 47.3 Å². The van der Waals surface area contributed by atoms with Gasteiger partial charge in [-0.2, -0.15) is 5.26 Å². The molecule has 2 atom stereocenters. The van der Waals surface area contributed by atoms with E-state index < -0.39 is 0 Å². The quantitative estimate of drug-likeness (QED) is 0.920. The maximum atomic E-state index is 8.78. The van der Waals surface area contributed by atoms with Crippen LogP contribution in [0.5, 0.6) is 0 Å². The summed E-state index contributed by atoms with van der Waals surface area (Å²) < 4.78 is 5.79. The molecule has 0 amide bonds. The fraction of sp³-hybridized carbons (Fsp3) is 0.625. The number of ether oxygens (including phenoxy) is 1. The van der Waals surface area contributed by atoms with Gasteiger partial charge >= 0.3 is 0 Å². The van der Waals surface area contributed by atoms with E-state index in [4.69, 9.17) is 10.00 Å². The van der Waals surface area contributed by atoms with E-state index >= 15 is 0 Å². The van der Waals surface area contributed by atoms with Crippen LogP contribution in [0.15, 0.2) is 18.3 Å². The zero-order valence-electron chi connectivity index (χ0n) is 13.3. The summed E-state index contributed by atoms with van der Waals surface area (Å²) in [6, 6.07) is 5.70. The Morgan fingerprint density at radius 1 is 1.38 bits per heavy atom. The first-order valence-electron chi connectivity index (χ1n) is 7.41. The molecule has 114 valence electrons. The van der Waals surface area contributed by atoms with Crippen LogP contribution >= 0.6 is 0 Å². The summed E-state index contributed by atoms with van der Waals surface area (Å²) in [6.45, 7) is 11.4. The fourth-order valence-electron chi connectivity index (χ4n) is 2.66. The highest BCUT2D eigenvalue weighted by atomic mass is 16.5. The van der Waals surface area contributed by atoms with Crippen LogP contribution in [0.3, 0.4) is 0 Å². The van der Waals surface area contributed by atoms with Gasteiger partial charge in [0, 0.05) is 31.4 Å². The van der Waals surface area contributed by atoms with Crippen molar-refractivity contribution in [3.05, 3.63) is 23.9 Å². The highest BCUT2D eigenvalue weighted by Crippen LogP contribution is 2.21. The first-order chi connectivity index (χ1) is 9.90. The van der Waals surface area contributed by atoms with Gasteiger partial charge in [0.25, 0.3) is 0 Å². The van der Waals surface area contributed by atoms with Crippen LogP contribution < -0.4 is 5.32 Å². The number of hydrogen-bond donors (Lipinski definition) is 1. The summed E-state index contributed by atoms with van der Waals surface area (Å²) in [5.41, 5.74) is 0.595. The number of rotatable bonds is 4. The lowest BCUT2D eigenvalue weighted by Crippen LogP contribution is -2.57. The predicted molar refractivity (Wildman–Crippen MR) is 83.1 cm³/mol. The molecule has 5 heteroatoms. The molecule has 2 heterocycles. The molecular weight excluding hydrogens is 264 g/mol. The molecule has 0 spiro atoms. The molecule has 0 aliphatic carbocycles. The third-order valence-electron chi connectivity index (χ3n) is 3.87. The fourth-order valence-corrected chi connectivity index (χ4v) is 2.66. The second kappa shape index (κ2) is 6.42. The van der Waals surface area contributed by atoms with Crippen LogP contribution in [0.25, 0.3) is 0 Å².